The van der Waals surface area contributed by atoms with Gasteiger partial charge in [0, 0.05) is 28.1 Å². The quantitative estimate of drug-likeness (QED) is 0.330. The minimum Gasteiger partial charge on any atom is -0.436 e. The Morgan fingerprint density at radius 2 is 1.68 bits per heavy atom. The molecule has 0 atom stereocenters. The second-order valence-electron chi connectivity index (χ2n) is 11.0. The van der Waals surface area contributed by atoms with Gasteiger partial charge in [0.25, 0.3) is 0 Å². The third-order valence-corrected chi connectivity index (χ3v) is 8.80. The largest absolute Gasteiger partial charge is 0.436 e. The summed E-state index contributed by atoms with van der Waals surface area (Å²) in [6.45, 7) is 0. The molecule has 1 N–H and O–H groups in total. The van der Waals surface area contributed by atoms with Gasteiger partial charge in [-0.2, -0.15) is 0 Å². The Morgan fingerprint density at radius 1 is 0.971 bits per heavy atom. The Bertz CT molecular complexity index is 1400. The van der Waals surface area contributed by atoms with Crippen molar-refractivity contribution in [1.82, 2.24) is 4.98 Å². The fraction of sp³-hybridized carbons (Fsp3) is 0.379. The van der Waals surface area contributed by atoms with Crippen molar-refractivity contribution in [2.75, 3.05) is 5.32 Å². The molecule has 1 aromatic heterocycles. The lowest BCUT2D eigenvalue weighted by atomic mass is 9.49. The van der Waals surface area contributed by atoms with E-state index in [9.17, 15) is 4.79 Å². The molecular weight excluding hydrogens is 444 g/mol. The number of anilines is 1. The van der Waals surface area contributed by atoms with Gasteiger partial charge in [-0.1, -0.05) is 35.9 Å². The summed E-state index contributed by atoms with van der Waals surface area (Å²) >= 11 is 6.39. The van der Waals surface area contributed by atoms with Crippen LogP contribution in [0.2, 0.25) is 5.02 Å². The summed E-state index contributed by atoms with van der Waals surface area (Å²) in [4.78, 5) is 17.8. The number of oxazole rings is 1. The maximum Gasteiger partial charge on any atom is 0.227 e. The third-order valence-electron chi connectivity index (χ3n) is 8.47. The van der Waals surface area contributed by atoms with E-state index in [0.29, 0.717) is 22.9 Å². The topological polar surface area (TPSA) is 55.1 Å². The maximum absolute atomic E-state index is 13.1. The summed E-state index contributed by atoms with van der Waals surface area (Å²) < 4.78 is 6.09. The van der Waals surface area contributed by atoms with Gasteiger partial charge in [0.15, 0.2) is 5.58 Å². The van der Waals surface area contributed by atoms with Gasteiger partial charge in [-0.15, -0.1) is 0 Å². The van der Waals surface area contributed by atoms with Crippen LogP contribution in [0.3, 0.4) is 0 Å². The van der Waals surface area contributed by atoms with E-state index in [0.717, 1.165) is 45.3 Å². The van der Waals surface area contributed by atoms with Crippen molar-refractivity contribution >= 4 is 45.1 Å². The lowest BCUT2D eigenvalue weighted by molar-refractivity contribution is -0.124. The Hall–Kier alpha value is -2.85. The highest BCUT2D eigenvalue weighted by Gasteiger charge is 2.51. The summed E-state index contributed by atoms with van der Waals surface area (Å²) in [6.07, 6.45) is 8.57. The molecule has 34 heavy (non-hydrogen) atoms. The van der Waals surface area contributed by atoms with E-state index in [1.807, 2.05) is 54.6 Å². The summed E-state index contributed by atoms with van der Waals surface area (Å²) in [5, 5.41) is 5.84. The van der Waals surface area contributed by atoms with Crippen LogP contribution in [0.1, 0.15) is 44.9 Å². The normalized spacial score (nSPS) is 27.5. The van der Waals surface area contributed by atoms with Crippen LogP contribution in [0.15, 0.2) is 59.0 Å². The Labute approximate surface area is 203 Å². The monoisotopic (exact) mass is 470 g/mol. The second kappa shape index (κ2) is 7.58. The number of aromatic nitrogens is 1. The average Bonchev–Trinajstić information content (AvgIpc) is 3.21. The molecule has 4 fully saturated rings. The molecule has 3 aromatic carbocycles. The van der Waals surface area contributed by atoms with Gasteiger partial charge in [0.1, 0.15) is 5.52 Å². The minimum absolute atomic E-state index is 0.133. The first-order chi connectivity index (χ1) is 16.5. The summed E-state index contributed by atoms with van der Waals surface area (Å²) in [5.41, 5.74) is 3.36. The minimum atomic E-state index is 0.133. The molecule has 0 radical (unpaired) electrons. The first kappa shape index (κ1) is 20.5. The number of amides is 1. The summed E-state index contributed by atoms with van der Waals surface area (Å²) in [6, 6.07) is 17.5. The Kier molecular flexibility index (Phi) is 4.57. The van der Waals surface area contributed by atoms with Crippen LogP contribution >= 0.6 is 11.6 Å². The second-order valence-corrected chi connectivity index (χ2v) is 11.4. The average molecular weight is 471 g/mol. The van der Waals surface area contributed by atoms with Crippen LogP contribution in [0.5, 0.6) is 0 Å². The molecule has 1 heterocycles. The molecule has 172 valence electrons. The van der Waals surface area contributed by atoms with Gasteiger partial charge < -0.3 is 9.73 Å². The SMILES string of the molecule is O=C(CC12CC3CC(CC(C3)C1)C2)Nc1ccc2oc(-c3cccc4c(Cl)cccc34)nc2c1. The molecular formula is C29H27ClN2O2. The van der Waals surface area contributed by atoms with Gasteiger partial charge in [0.2, 0.25) is 11.8 Å². The fourth-order valence-corrected chi connectivity index (χ4v) is 7.87. The molecule has 4 aromatic rings. The number of halogens is 1. The molecule has 4 nitrogen and oxygen atoms in total. The summed E-state index contributed by atoms with van der Waals surface area (Å²) in [5.74, 6) is 3.25. The van der Waals surface area contributed by atoms with Crippen LogP contribution in [-0.2, 0) is 4.79 Å². The van der Waals surface area contributed by atoms with E-state index in [1.54, 1.807) is 0 Å². The highest BCUT2D eigenvalue weighted by molar-refractivity contribution is 6.35. The first-order valence-electron chi connectivity index (χ1n) is 12.4. The predicted molar refractivity (Wildman–Crippen MR) is 136 cm³/mol. The fourth-order valence-electron chi connectivity index (χ4n) is 7.63. The van der Waals surface area contributed by atoms with Crippen molar-refractivity contribution < 1.29 is 9.21 Å². The van der Waals surface area contributed by atoms with E-state index in [-0.39, 0.29) is 11.3 Å². The zero-order chi connectivity index (χ0) is 22.9. The van der Waals surface area contributed by atoms with Gasteiger partial charge in [-0.05, 0) is 97.4 Å². The molecule has 0 saturated heterocycles. The molecule has 8 rings (SSSR count). The van der Waals surface area contributed by atoms with E-state index < -0.39 is 0 Å². The van der Waals surface area contributed by atoms with Crippen molar-refractivity contribution in [1.29, 1.82) is 0 Å². The van der Waals surface area contributed by atoms with Gasteiger partial charge in [-0.3, -0.25) is 4.79 Å². The highest BCUT2D eigenvalue weighted by atomic mass is 35.5. The maximum atomic E-state index is 13.1. The van der Waals surface area contributed by atoms with E-state index in [1.165, 1.54) is 38.5 Å². The molecule has 5 heteroatoms. The van der Waals surface area contributed by atoms with Gasteiger partial charge in [0.05, 0.1) is 0 Å². The summed E-state index contributed by atoms with van der Waals surface area (Å²) in [7, 11) is 0. The smallest absolute Gasteiger partial charge is 0.227 e. The molecule has 4 aliphatic rings. The zero-order valence-corrected chi connectivity index (χ0v) is 19.8. The van der Waals surface area contributed by atoms with Gasteiger partial charge >= 0.3 is 0 Å². The van der Waals surface area contributed by atoms with Gasteiger partial charge in [-0.25, -0.2) is 4.98 Å². The molecule has 0 unspecified atom stereocenters. The number of nitrogens with one attached hydrogen (secondary N) is 1. The van der Waals surface area contributed by atoms with Crippen LogP contribution in [-0.4, -0.2) is 10.9 Å². The van der Waals surface area contributed by atoms with E-state index in [4.69, 9.17) is 21.0 Å². The number of carbonyl (C=O) groups excluding carboxylic acids is 1. The number of fused-ring (bicyclic) bond motifs is 2. The Morgan fingerprint density at radius 3 is 2.44 bits per heavy atom. The van der Waals surface area contributed by atoms with Crippen molar-refractivity contribution in [2.24, 2.45) is 23.2 Å². The molecule has 0 spiro atoms. The number of nitrogens with zero attached hydrogens (tertiary/aromatic N) is 1. The Balaban J connectivity index is 1.14. The first-order valence-corrected chi connectivity index (χ1v) is 12.8. The van der Waals surface area contributed by atoms with Crippen LogP contribution in [0, 0.1) is 23.2 Å². The van der Waals surface area contributed by atoms with Crippen molar-refractivity contribution in [3.05, 3.63) is 59.6 Å². The van der Waals surface area contributed by atoms with E-state index in [2.05, 4.69) is 5.32 Å². The third kappa shape index (κ3) is 3.42. The standard InChI is InChI=1S/C29H27ClN2O2/c30-24-6-2-3-21-22(24)4-1-5-23(21)28-32-25-12-20(7-8-26(25)34-28)31-27(33)16-29-13-17-9-18(14-29)11-19(10-17)15-29/h1-8,12,17-19H,9-11,13-16H2,(H,31,33). The van der Waals surface area contributed by atoms with Crippen molar-refractivity contribution in [2.45, 2.75) is 44.9 Å². The number of benzene rings is 3. The molecule has 1 amide bonds. The van der Waals surface area contributed by atoms with E-state index >= 15 is 0 Å². The van der Waals surface area contributed by atoms with Crippen molar-refractivity contribution in [3.8, 4) is 11.5 Å². The number of hydrogen-bond donors (Lipinski definition) is 1. The van der Waals surface area contributed by atoms with Crippen LogP contribution in [0.4, 0.5) is 5.69 Å². The molecule has 4 bridgehead atoms. The number of hydrogen-bond acceptors (Lipinski definition) is 3. The number of rotatable bonds is 4. The van der Waals surface area contributed by atoms with Crippen LogP contribution in [0.25, 0.3) is 33.3 Å². The lowest BCUT2D eigenvalue weighted by Crippen LogP contribution is -2.47. The zero-order valence-electron chi connectivity index (χ0n) is 19.0. The highest BCUT2D eigenvalue weighted by Crippen LogP contribution is 2.61. The van der Waals surface area contributed by atoms with Crippen molar-refractivity contribution in [3.63, 3.8) is 0 Å². The molecule has 4 aliphatic carbocycles. The van der Waals surface area contributed by atoms with Crippen LogP contribution < -0.4 is 5.32 Å². The molecule has 4 saturated carbocycles. The number of carbonyl (C=O) groups is 1. The molecule has 0 aliphatic heterocycles. The lowest BCUT2D eigenvalue weighted by Gasteiger charge is -2.56. The predicted octanol–water partition coefficient (Wildman–Crippen LogP) is 7.85.